The third-order valence-corrected chi connectivity index (χ3v) is 6.40. The first-order valence-corrected chi connectivity index (χ1v) is 11.4. The first-order chi connectivity index (χ1) is 16.0. The molecule has 0 heterocycles. The van der Waals surface area contributed by atoms with Crippen LogP contribution in [-0.4, -0.2) is 35.4 Å². The van der Waals surface area contributed by atoms with Crippen LogP contribution in [0.3, 0.4) is 0 Å². The second-order valence-electron chi connectivity index (χ2n) is 8.75. The van der Waals surface area contributed by atoms with Crippen molar-refractivity contribution in [3.8, 4) is 5.75 Å². The lowest BCUT2D eigenvalue weighted by Gasteiger charge is -2.24. The third kappa shape index (κ3) is 5.62. The summed E-state index contributed by atoms with van der Waals surface area (Å²) in [5, 5.41) is 24.6. The number of benzene rings is 3. The highest BCUT2D eigenvalue weighted by molar-refractivity contribution is 5.79. The zero-order valence-corrected chi connectivity index (χ0v) is 18.9. The van der Waals surface area contributed by atoms with Crippen molar-refractivity contribution < 1.29 is 19.7 Å². The molecule has 1 aliphatic rings. The quantitative estimate of drug-likeness (QED) is 0.470. The Bertz CT molecular complexity index is 1070. The fourth-order valence-corrected chi connectivity index (χ4v) is 4.74. The van der Waals surface area contributed by atoms with Crippen LogP contribution in [0.15, 0.2) is 78.9 Å². The topological polar surface area (TPSA) is 78.8 Å². The van der Waals surface area contributed by atoms with Crippen molar-refractivity contribution in [3.63, 3.8) is 0 Å². The fourth-order valence-electron chi connectivity index (χ4n) is 4.74. The molecule has 0 fully saturated rings. The average Bonchev–Trinajstić information content (AvgIpc) is 3.14. The summed E-state index contributed by atoms with van der Waals surface area (Å²) in [4.78, 5) is 13.4. The van der Waals surface area contributed by atoms with Crippen molar-refractivity contribution in [2.45, 2.75) is 43.9 Å². The summed E-state index contributed by atoms with van der Waals surface area (Å²) in [6, 6.07) is 24.8. The molecule has 0 spiro atoms. The van der Waals surface area contributed by atoms with E-state index in [4.69, 9.17) is 4.74 Å². The molecular weight excluding hydrogens is 414 g/mol. The summed E-state index contributed by atoms with van der Waals surface area (Å²) < 4.78 is 5.41. The molecule has 1 aliphatic carbocycles. The molecule has 0 radical (unpaired) electrons. The molecule has 4 rings (SSSR count). The molecule has 0 saturated heterocycles. The number of para-hydroxylation sites is 1. The van der Waals surface area contributed by atoms with Crippen LogP contribution in [0.25, 0.3) is 0 Å². The Hall–Kier alpha value is -3.15. The number of aliphatic hydroxyl groups excluding tert-OH is 2. The minimum atomic E-state index is -0.707. The SMILES string of the molecule is COc1ccccc1C[C@H](O)C[C@@H](Cc1ccccc1)C(=O)N[C@H]1c2ccccc2C[C@H]1O. The molecule has 3 N–H and O–H groups in total. The number of nitrogens with one attached hydrogen (secondary N) is 1. The molecule has 1 amide bonds. The number of fused-ring (bicyclic) bond motifs is 1. The monoisotopic (exact) mass is 445 g/mol. The standard InChI is InChI=1S/C28H31NO4/c1-33-26-14-8-6-12-21(26)16-23(30)17-22(15-19-9-3-2-4-10-19)28(32)29-27-24-13-7-5-11-20(24)18-25(27)31/h2-14,22-23,25,27,30-31H,15-18H2,1H3,(H,29,32)/t22-,23+,25-,27+/m1/s1. The van der Waals surface area contributed by atoms with Crippen molar-refractivity contribution in [1.29, 1.82) is 0 Å². The summed E-state index contributed by atoms with van der Waals surface area (Å²) in [6.45, 7) is 0. The molecule has 3 aromatic carbocycles. The fraction of sp³-hybridized carbons (Fsp3) is 0.321. The van der Waals surface area contributed by atoms with Crippen LogP contribution in [0.5, 0.6) is 5.75 Å². The van der Waals surface area contributed by atoms with Gasteiger partial charge >= 0.3 is 0 Å². The van der Waals surface area contributed by atoms with Crippen molar-refractivity contribution in [2.24, 2.45) is 5.92 Å². The van der Waals surface area contributed by atoms with E-state index in [9.17, 15) is 15.0 Å². The van der Waals surface area contributed by atoms with Gasteiger partial charge in [0, 0.05) is 18.8 Å². The Morgan fingerprint density at radius 2 is 1.70 bits per heavy atom. The van der Waals surface area contributed by atoms with E-state index in [1.165, 1.54) is 0 Å². The van der Waals surface area contributed by atoms with Crippen LogP contribution in [0.1, 0.15) is 34.7 Å². The average molecular weight is 446 g/mol. The number of aliphatic hydroxyl groups is 2. The summed E-state index contributed by atoms with van der Waals surface area (Å²) in [6.07, 6.45) is 0.394. The Balaban J connectivity index is 1.50. The van der Waals surface area contributed by atoms with Gasteiger partial charge in [-0.2, -0.15) is 0 Å². The smallest absolute Gasteiger partial charge is 0.224 e. The predicted molar refractivity (Wildman–Crippen MR) is 128 cm³/mol. The number of carbonyl (C=O) groups is 1. The Morgan fingerprint density at radius 1 is 1.00 bits per heavy atom. The van der Waals surface area contributed by atoms with E-state index in [0.29, 0.717) is 25.7 Å². The van der Waals surface area contributed by atoms with Crippen LogP contribution >= 0.6 is 0 Å². The zero-order chi connectivity index (χ0) is 23.2. The van der Waals surface area contributed by atoms with Gasteiger partial charge in [-0.3, -0.25) is 4.79 Å². The molecule has 0 aromatic heterocycles. The molecule has 0 saturated carbocycles. The van der Waals surface area contributed by atoms with Gasteiger partial charge in [0.2, 0.25) is 5.91 Å². The summed E-state index contributed by atoms with van der Waals surface area (Å²) in [7, 11) is 1.61. The highest BCUT2D eigenvalue weighted by atomic mass is 16.5. The van der Waals surface area contributed by atoms with E-state index in [0.717, 1.165) is 28.0 Å². The number of amides is 1. The lowest BCUT2D eigenvalue weighted by Crippen LogP contribution is -2.39. The molecule has 0 unspecified atom stereocenters. The minimum Gasteiger partial charge on any atom is -0.496 e. The van der Waals surface area contributed by atoms with Crippen molar-refractivity contribution in [1.82, 2.24) is 5.32 Å². The van der Waals surface area contributed by atoms with E-state index in [1.807, 2.05) is 78.9 Å². The van der Waals surface area contributed by atoms with Crippen LogP contribution < -0.4 is 10.1 Å². The van der Waals surface area contributed by atoms with Gasteiger partial charge in [0.1, 0.15) is 5.75 Å². The van der Waals surface area contributed by atoms with Crippen molar-refractivity contribution in [3.05, 3.63) is 101 Å². The van der Waals surface area contributed by atoms with Crippen LogP contribution in [0.4, 0.5) is 0 Å². The van der Waals surface area contributed by atoms with Gasteiger partial charge < -0.3 is 20.3 Å². The molecule has 5 heteroatoms. The van der Waals surface area contributed by atoms with Crippen LogP contribution in [0.2, 0.25) is 0 Å². The van der Waals surface area contributed by atoms with E-state index in [2.05, 4.69) is 5.32 Å². The lowest BCUT2D eigenvalue weighted by molar-refractivity contribution is -0.127. The van der Waals surface area contributed by atoms with E-state index in [1.54, 1.807) is 7.11 Å². The molecule has 3 aromatic rings. The number of methoxy groups -OCH3 is 1. The molecule has 5 nitrogen and oxygen atoms in total. The molecule has 33 heavy (non-hydrogen) atoms. The van der Waals surface area contributed by atoms with E-state index in [-0.39, 0.29) is 5.91 Å². The number of ether oxygens (including phenoxy) is 1. The molecular formula is C28H31NO4. The zero-order valence-electron chi connectivity index (χ0n) is 18.9. The maximum absolute atomic E-state index is 13.4. The Kier molecular flexibility index (Phi) is 7.43. The first-order valence-electron chi connectivity index (χ1n) is 11.4. The summed E-state index contributed by atoms with van der Waals surface area (Å²) in [5.41, 5.74) is 3.97. The van der Waals surface area contributed by atoms with Crippen molar-refractivity contribution >= 4 is 5.91 Å². The number of hydrogen-bond donors (Lipinski definition) is 3. The molecule has 0 aliphatic heterocycles. The summed E-state index contributed by atoms with van der Waals surface area (Å²) in [5.74, 6) is 0.141. The highest BCUT2D eigenvalue weighted by Crippen LogP contribution is 2.32. The first kappa shape index (κ1) is 23.0. The normalized spacial score (nSPS) is 18.9. The van der Waals surface area contributed by atoms with Gasteiger partial charge in [-0.25, -0.2) is 0 Å². The molecule has 0 bridgehead atoms. The van der Waals surface area contributed by atoms with Gasteiger partial charge in [0.15, 0.2) is 0 Å². The van der Waals surface area contributed by atoms with E-state index >= 15 is 0 Å². The van der Waals surface area contributed by atoms with Gasteiger partial charge in [-0.1, -0.05) is 72.8 Å². The highest BCUT2D eigenvalue weighted by Gasteiger charge is 2.34. The number of rotatable bonds is 9. The van der Waals surface area contributed by atoms with Crippen LogP contribution in [-0.2, 0) is 24.1 Å². The van der Waals surface area contributed by atoms with Crippen LogP contribution in [0, 0.1) is 5.92 Å². The molecule has 4 atom stereocenters. The van der Waals surface area contributed by atoms with E-state index < -0.39 is 24.2 Å². The maximum atomic E-state index is 13.4. The predicted octanol–water partition coefficient (Wildman–Crippen LogP) is 3.62. The lowest BCUT2D eigenvalue weighted by atomic mass is 9.90. The van der Waals surface area contributed by atoms with Gasteiger partial charge in [-0.15, -0.1) is 0 Å². The molecule has 172 valence electrons. The second kappa shape index (κ2) is 10.6. The minimum absolute atomic E-state index is 0.154. The Morgan fingerprint density at radius 3 is 2.48 bits per heavy atom. The van der Waals surface area contributed by atoms with Gasteiger partial charge in [0.05, 0.1) is 25.4 Å². The second-order valence-corrected chi connectivity index (χ2v) is 8.75. The van der Waals surface area contributed by atoms with Crippen molar-refractivity contribution in [2.75, 3.05) is 7.11 Å². The Labute approximate surface area is 195 Å². The summed E-state index contributed by atoms with van der Waals surface area (Å²) >= 11 is 0. The maximum Gasteiger partial charge on any atom is 0.224 e. The number of carbonyl (C=O) groups excluding carboxylic acids is 1. The third-order valence-electron chi connectivity index (χ3n) is 6.40. The van der Waals surface area contributed by atoms with Gasteiger partial charge in [0.25, 0.3) is 0 Å². The van der Waals surface area contributed by atoms with Gasteiger partial charge in [-0.05, 0) is 41.2 Å². The number of hydrogen-bond acceptors (Lipinski definition) is 4. The largest absolute Gasteiger partial charge is 0.496 e.